The predicted octanol–water partition coefficient (Wildman–Crippen LogP) is 0.686. The van der Waals surface area contributed by atoms with Crippen LogP contribution in [-0.4, -0.2) is 27.2 Å². The summed E-state index contributed by atoms with van der Waals surface area (Å²) >= 11 is 0. The molecule has 0 aromatic carbocycles. The molecule has 0 radical (unpaired) electrons. The average Bonchev–Trinajstić information content (AvgIpc) is 2.76. The molecule has 20 heavy (non-hydrogen) atoms. The highest BCUT2D eigenvalue weighted by Gasteiger charge is 2.13. The number of rotatable bonds is 2. The molecule has 0 aliphatic rings. The molecule has 0 spiro atoms. The molecule has 0 bridgehead atoms. The number of hydrogen-bond donors (Lipinski definition) is 2. The van der Waals surface area contributed by atoms with Gasteiger partial charge >= 0.3 is 0 Å². The molecular formula is C14H15N5O. The number of amides is 1. The lowest BCUT2D eigenvalue weighted by Crippen LogP contribution is -2.13. The summed E-state index contributed by atoms with van der Waals surface area (Å²) in [7, 11) is 1.77. The van der Waals surface area contributed by atoms with E-state index in [9.17, 15) is 4.79 Å². The zero-order valence-corrected chi connectivity index (χ0v) is 11.3. The number of anilines is 1. The van der Waals surface area contributed by atoms with Crippen molar-refractivity contribution in [1.82, 2.24) is 14.8 Å². The van der Waals surface area contributed by atoms with Gasteiger partial charge in [0.05, 0.1) is 17.8 Å². The van der Waals surface area contributed by atoms with E-state index in [-0.39, 0.29) is 12.5 Å². The number of nitrogens with zero attached hydrogens (tertiary/aromatic N) is 3. The largest absolute Gasteiger partial charge is 0.320 e. The van der Waals surface area contributed by atoms with Gasteiger partial charge in [0.1, 0.15) is 11.5 Å². The third-order valence-corrected chi connectivity index (χ3v) is 2.57. The molecule has 0 fully saturated rings. The quantitative estimate of drug-likeness (QED) is 0.785. The van der Waals surface area contributed by atoms with Gasteiger partial charge < -0.3 is 11.1 Å². The van der Waals surface area contributed by atoms with Gasteiger partial charge in [-0.2, -0.15) is 5.10 Å². The monoisotopic (exact) mass is 269 g/mol. The minimum absolute atomic E-state index is 0.243. The van der Waals surface area contributed by atoms with E-state index in [2.05, 4.69) is 27.2 Å². The van der Waals surface area contributed by atoms with E-state index in [4.69, 9.17) is 5.73 Å². The molecule has 1 amide bonds. The van der Waals surface area contributed by atoms with E-state index in [0.29, 0.717) is 22.8 Å². The number of hydrogen-bond acceptors (Lipinski definition) is 4. The van der Waals surface area contributed by atoms with Crippen molar-refractivity contribution in [2.45, 2.75) is 6.92 Å². The van der Waals surface area contributed by atoms with Crippen LogP contribution in [0.3, 0.4) is 0 Å². The maximum absolute atomic E-state index is 12.1. The number of pyridine rings is 1. The zero-order chi connectivity index (χ0) is 14.5. The predicted molar refractivity (Wildman–Crippen MR) is 76.1 cm³/mol. The molecule has 6 heteroatoms. The van der Waals surface area contributed by atoms with Crippen molar-refractivity contribution in [2.75, 3.05) is 11.9 Å². The van der Waals surface area contributed by atoms with Crippen LogP contribution in [0.4, 0.5) is 5.82 Å². The second kappa shape index (κ2) is 5.99. The molecule has 6 nitrogen and oxygen atoms in total. The van der Waals surface area contributed by atoms with Crippen LogP contribution in [0.25, 0.3) is 0 Å². The second-order valence-electron chi connectivity index (χ2n) is 4.17. The number of carbonyl (C=O) groups is 1. The minimum atomic E-state index is -0.243. The number of nitrogens with two attached hydrogens (primary N) is 1. The third kappa shape index (κ3) is 3.22. The molecule has 0 unspecified atom stereocenters. The molecular weight excluding hydrogens is 254 g/mol. The Bertz CT molecular complexity index is 693. The van der Waals surface area contributed by atoms with Gasteiger partial charge in [-0.15, -0.1) is 0 Å². The van der Waals surface area contributed by atoms with E-state index in [0.717, 1.165) is 0 Å². The first-order chi connectivity index (χ1) is 9.60. The highest BCUT2D eigenvalue weighted by molar-refractivity contribution is 6.04. The van der Waals surface area contributed by atoms with Gasteiger partial charge in [0.25, 0.3) is 5.91 Å². The van der Waals surface area contributed by atoms with Gasteiger partial charge in [-0.05, 0) is 25.0 Å². The van der Waals surface area contributed by atoms with E-state index in [1.807, 2.05) is 0 Å². The smallest absolute Gasteiger partial charge is 0.260 e. The van der Waals surface area contributed by atoms with Crippen molar-refractivity contribution in [3.05, 3.63) is 41.3 Å². The number of aromatic nitrogens is 3. The van der Waals surface area contributed by atoms with E-state index < -0.39 is 0 Å². The zero-order valence-electron chi connectivity index (χ0n) is 11.3. The Morgan fingerprint density at radius 2 is 2.30 bits per heavy atom. The summed E-state index contributed by atoms with van der Waals surface area (Å²) in [6.07, 6.45) is 1.67. The first-order valence-electron chi connectivity index (χ1n) is 6.07. The summed E-state index contributed by atoms with van der Waals surface area (Å²) in [5, 5.41) is 6.86. The SMILES string of the molecule is Cc1nn(C)cc1C(=O)Nc1cccc(C#CCN)n1. The summed E-state index contributed by atoms with van der Waals surface area (Å²) in [6, 6.07) is 5.24. The fourth-order valence-electron chi connectivity index (χ4n) is 1.72. The molecule has 0 saturated heterocycles. The molecule has 3 N–H and O–H groups in total. The van der Waals surface area contributed by atoms with Crippen LogP contribution in [0, 0.1) is 18.8 Å². The Morgan fingerprint density at radius 3 is 2.95 bits per heavy atom. The lowest BCUT2D eigenvalue weighted by Gasteiger charge is -2.03. The fraction of sp³-hybridized carbons (Fsp3) is 0.214. The van der Waals surface area contributed by atoms with Crippen LogP contribution in [0.1, 0.15) is 21.7 Å². The second-order valence-corrected chi connectivity index (χ2v) is 4.17. The van der Waals surface area contributed by atoms with Gasteiger partial charge in [-0.3, -0.25) is 9.48 Å². The van der Waals surface area contributed by atoms with Crippen LogP contribution in [-0.2, 0) is 7.05 Å². The summed E-state index contributed by atoms with van der Waals surface area (Å²) in [4.78, 5) is 16.3. The normalized spacial score (nSPS) is 9.75. The van der Waals surface area contributed by atoms with Crippen LogP contribution in [0.2, 0.25) is 0 Å². The first-order valence-corrected chi connectivity index (χ1v) is 6.07. The lowest BCUT2D eigenvalue weighted by molar-refractivity contribution is 0.102. The van der Waals surface area contributed by atoms with Crippen LogP contribution in [0.5, 0.6) is 0 Å². The molecule has 0 atom stereocenters. The molecule has 2 aromatic heterocycles. The lowest BCUT2D eigenvalue weighted by atomic mass is 10.2. The standard InChI is InChI=1S/C14H15N5O/c1-10-12(9-19(2)18-10)14(20)17-13-7-3-5-11(16-13)6-4-8-15/h3,5,7,9H,8,15H2,1-2H3,(H,16,17,20). The maximum Gasteiger partial charge on any atom is 0.260 e. The molecule has 0 aliphatic heterocycles. The Hall–Kier alpha value is -2.65. The number of nitrogens with one attached hydrogen (secondary N) is 1. The van der Waals surface area contributed by atoms with E-state index in [1.54, 1.807) is 43.0 Å². The summed E-state index contributed by atoms with van der Waals surface area (Å²) < 4.78 is 1.60. The van der Waals surface area contributed by atoms with Gasteiger partial charge in [0.2, 0.25) is 0 Å². The minimum Gasteiger partial charge on any atom is -0.320 e. The Morgan fingerprint density at radius 1 is 1.50 bits per heavy atom. The van der Waals surface area contributed by atoms with Crippen molar-refractivity contribution in [3.8, 4) is 11.8 Å². The Balaban J connectivity index is 2.17. The van der Waals surface area contributed by atoms with Gasteiger partial charge in [0.15, 0.2) is 0 Å². The molecule has 0 aliphatic carbocycles. The molecule has 0 saturated carbocycles. The van der Waals surface area contributed by atoms with Crippen LogP contribution < -0.4 is 11.1 Å². The van der Waals surface area contributed by atoms with Gasteiger partial charge in [0, 0.05) is 13.2 Å². The van der Waals surface area contributed by atoms with Crippen molar-refractivity contribution in [2.24, 2.45) is 12.8 Å². The van der Waals surface area contributed by atoms with Crippen molar-refractivity contribution in [3.63, 3.8) is 0 Å². The Labute approximate surface area is 117 Å². The van der Waals surface area contributed by atoms with E-state index >= 15 is 0 Å². The van der Waals surface area contributed by atoms with Gasteiger partial charge in [-0.1, -0.05) is 12.0 Å². The average molecular weight is 269 g/mol. The molecule has 2 rings (SSSR count). The topological polar surface area (TPSA) is 85.8 Å². The van der Waals surface area contributed by atoms with E-state index in [1.165, 1.54) is 0 Å². The third-order valence-electron chi connectivity index (χ3n) is 2.57. The molecule has 102 valence electrons. The van der Waals surface area contributed by atoms with Gasteiger partial charge in [-0.25, -0.2) is 4.98 Å². The van der Waals surface area contributed by atoms with Crippen molar-refractivity contribution >= 4 is 11.7 Å². The highest BCUT2D eigenvalue weighted by atomic mass is 16.1. The maximum atomic E-state index is 12.1. The van der Waals surface area contributed by atoms with Crippen LogP contribution in [0.15, 0.2) is 24.4 Å². The highest BCUT2D eigenvalue weighted by Crippen LogP contribution is 2.09. The molecule has 2 aromatic rings. The summed E-state index contributed by atoms with van der Waals surface area (Å²) in [6.45, 7) is 2.05. The molecule has 2 heterocycles. The summed E-state index contributed by atoms with van der Waals surface area (Å²) in [5.74, 6) is 5.74. The van der Waals surface area contributed by atoms with Crippen molar-refractivity contribution < 1.29 is 4.79 Å². The Kier molecular flexibility index (Phi) is 4.13. The number of carbonyl (C=O) groups excluding carboxylic acids is 1. The fourth-order valence-corrected chi connectivity index (χ4v) is 1.72. The number of aryl methyl sites for hydroxylation is 2. The van der Waals surface area contributed by atoms with Crippen molar-refractivity contribution in [1.29, 1.82) is 0 Å². The summed E-state index contributed by atoms with van der Waals surface area (Å²) in [5.41, 5.74) is 7.07. The van der Waals surface area contributed by atoms with Crippen LogP contribution >= 0.6 is 0 Å². The first kappa shape index (κ1) is 13.8.